The molecule has 0 aromatic heterocycles. The molecule has 0 radical (unpaired) electrons. The number of hydrogen-bond acceptors (Lipinski definition) is 4. The molecule has 0 rings (SSSR count). The summed E-state index contributed by atoms with van der Waals surface area (Å²) in [5.41, 5.74) is 0. The summed E-state index contributed by atoms with van der Waals surface area (Å²) in [5.74, 6) is 6.21. The second-order valence-corrected chi connectivity index (χ2v) is 2.18. The highest BCUT2D eigenvalue weighted by Crippen LogP contribution is 1.87. The minimum absolute atomic E-state index is 1.03. The van der Waals surface area contributed by atoms with E-state index in [9.17, 15) is 0 Å². The smallest absolute Gasteiger partial charge is 0.0181 e. The summed E-state index contributed by atoms with van der Waals surface area (Å²) < 4.78 is 0. The van der Waals surface area contributed by atoms with Gasteiger partial charge >= 0.3 is 0 Å². The van der Waals surface area contributed by atoms with Gasteiger partial charge in [0.25, 0.3) is 0 Å². The lowest BCUT2D eigenvalue weighted by Crippen LogP contribution is -2.35. The second-order valence-electron chi connectivity index (χ2n) is 1.14. The van der Waals surface area contributed by atoms with E-state index in [0.29, 0.717) is 0 Å². The molecule has 0 aliphatic heterocycles. The standard InChI is InChI=1S/C3H11N3S/c1-3-7-5-6(2)4/h5H,3-4H2,1-2H3. The van der Waals surface area contributed by atoms with Gasteiger partial charge in [0.2, 0.25) is 0 Å². The average Bonchev–Trinajstić information content (AvgIpc) is 1.61. The lowest BCUT2D eigenvalue weighted by atomic mass is 11.0. The minimum Gasteiger partial charge on any atom is -0.255 e. The van der Waals surface area contributed by atoms with Crippen LogP contribution in [0, 0.1) is 0 Å². The van der Waals surface area contributed by atoms with Crippen LogP contribution in [0.5, 0.6) is 0 Å². The van der Waals surface area contributed by atoms with E-state index in [4.69, 9.17) is 5.84 Å². The maximum absolute atomic E-state index is 5.18. The third-order valence-corrected chi connectivity index (χ3v) is 1.06. The van der Waals surface area contributed by atoms with Gasteiger partial charge in [-0.1, -0.05) is 18.9 Å². The first-order chi connectivity index (χ1) is 3.27. The van der Waals surface area contributed by atoms with Crippen LogP contribution in [0.4, 0.5) is 0 Å². The maximum atomic E-state index is 5.18. The number of nitrogens with two attached hydrogens (primary N) is 1. The van der Waals surface area contributed by atoms with E-state index >= 15 is 0 Å². The van der Waals surface area contributed by atoms with Crippen LogP contribution in [0.2, 0.25) is 0 Å². The third-order valence-electron chi connectivity index (χ3n) is 0.353. The minimum atomic E-state index is 1.03. The number of nitrogens with one attached hydrogen (secondary N) is 1. The van der Waals surface area contributed by atoms with Crippen molar-refractivity contribution in [3.05, 3.63) is 0 Å². The number of nitrogens with zero attached hydrogens (tertiary/aromatic N) is 1. The Labute approximate surface area is 48.3 Å². The Hall–Kier alpha value is 0.230. The van der Waals surface area contributed by atoms with Crippen molar-refractivity contribution in [2.75, 3.05) is 12.8 Å². The highest BCUT2D eigenvalue weighted by Gasteiger charge is 1.81. The molecule has 3 nitrogen and oxygen atoms in total. The predicted octanol–water partition coefficient (Wildman–Crippen LogP) is -0.0354. The average molecular weight is 121 g/mol. The summed E-state index contributed by atoms with van der Waals surface area (Å²) in [6.45, 7) is 2.06. The van der Waals surface area contributed by atoms with Crippen LogP contribution < -0.4 is 10.7 Å². The molecular formula is C3H11N3S. The van der Waals surface area contributed by atoms with Crippen LogP contribution in [0.1, 0.15) is 6.92 Å². The summed E-state index contributed by atoms with van der Waals surface area (Å²) in [5, 5.41) is 1.42. The second kappa shape index (κ2) is 4.39. The van der Waals surface area contributed by atoms with Crippen molar-refractivity contribution in [3.8, 4) is 0 Å². The van der Waals surface area contributed by atoms with Crippen molar-refractivity contribution in [3.63, 3.8) is 0 Å². The predicted molar refractivity (Wildman–Crippen MR) is 33.2 cm³/mol. The summed E-state index contributed by atoms with van der Waals surface area (Å²) in [6, 6.07) is 0. The molecule has 0 atom stereocenters. The van der Waals surface area contributed by atoms with Gasteiger partial charge in [-0.05, 0) is 0 Å². The highest BCUT2D eigenvalue weighted by molar-refractivity contribution is 7.97. The van der Waals surface area contributed by atoms with E-state index in [2.05, 4.69) is 11.8 Å². The third kappa shape index (κ3) is 6.23. The largest absolute Gasteiger partial charge is 0.255 e. The molecule has 0 aliphatic rings. The Bertz CT molecular complexity index is 39.2. The Kier molecular flexibility index (Phi) is 4.53. The first kappa shape index (κ1) is 7.23. The summed E-state index contributed by atoms with van der Waals surface area (Å²) >= 11 is 1.57. The Morgan fingerprint density at radius 2 is 2.43 bits per heavy atom. The molecule has 44 valence electrons. The van der Waals surface area contributed by atoms with Gasteiger partial charge in [-0.25, -0.2) is 0 Å². The maximum Gasteiger partial charge on any atom is 0.0181 e. The molecule has 7 heavy (non-hydrogen) atoms. The van der Waals surface area contributed by atoms with Crippen LogP contribution >= 0.6 is 11.9 Å². The van der Waals surface area contributed by atoms with Crippen molar-refractivity contribution in [2.24, 2.45) is 5.84 Å². The van der Waals surface area contributed by atoms with Crippen molar-refractivity contribution in [1.82, 2.24) is 9.95 Å². The van der Waals surface area contributed by atoms with Crippen LogP contribution in [0.3, 0.4) is 0 Å². The molecule has 0 heterocycles. The Balaban J connectivity index is 2.68. The van der Waals surface area contributed by atoms with Crippen LogP contribution in [-0.2, 0) is 0 Å². The van der Waals surface area contributed by atoms with Gasteiger partial charge in [-0.15, -0.1) is 0 Å². The Morgan fingerprint density at radius 1 is 1.86 bits per heavy atom. The van der Waals surface area contributed by atoms with Crippen molar-refractivity contribution < 1.29 is 0 Å². The van der Waals surface area contributed by atoms with Crippen LogP contribution in [0.15, 0.2) is 0 Å². The molecular weight excluding hydrogens is 110 g/mol. The first-order valence-corrected chi connectivity index (χ1v) is 3.11. The van der Waals surface area contributed by atoms with E-state index < -0.39 is 0 Å². The molecule has 0 spiro atoms. The molecule has 0 aliphatic carbocycles. The van der Waals surface area contributed by atoms with Gasteiger partial charge < -0.3 is 0 Å². The molecule has 3 N–H and O–H groups in total. The van der Waals surface area contributed by atoms with Gasteiger partial charge in [0.1, 0.15) is 0 Å². The van der Waals surface area contributed by atoms with E-state index in [-0.39, 0.29) is 0 Å². The summed E-state index contributed by atoms with van der Waals surface area (Å²) in [7, 11) is 1.75. The molecule has 0 aromatic carbocycles. The molecule has 0 bridgehead atoms. The van der Waals surface area contributed by atoms with Crippen molar-refractivity contribution >= 4 is 11.9 Å². The molecule has 0 saturated heterocycles. The fourth-order valence-electron chi connectivity index (χ4n) is 0.166. The molecule has 0 aromatic rings. The van der Waals surface area contributed by atoms with Crippen molar-refractivity contribution in [2.45, 2.75) is 6.92 Å². The SMILES string of the molecule is CCSNN(C)N. The molecule has 4 heteroatoms. The highest BCUT2D eigenvalue weighted by atomic mass is 32.2. The fraction of sp³-hybridized carbons (Fsp3) is 1.00. The zero-order valence-corrected chi connectivity index (χ0v) is 5.46. The molecule has 0 amide bonds. The van der Waals surface area contributed by atoms with E-state index in [1.807, 2.05) is 0 Å². The Morgan fingerprint density at radius 3 is 2.57 bits per heavy atom. The van der Waals surface area contributed by atoms with Crippen LogP contribution in [0.25, 0.3) is 0 Å². The van der Waals surface area contributed by atoms with Gasteiger partial charge in [-0.2, -0.15) is 9.95 Å². The molecule has 0 saturated carbocycles. The lowest BCUT2D eigenvalue weighted by molar-refractivity contribution is 0.325. The van der Waals surface area contributed by atoms with E-state index in [1.165, 1.54) is 5.12 Å². The van der Waals surface area contributed by atoms with E-state index in [0.717, 1.165) is 5.75 Å². The monoisotopic (exact) mass is 121 g/mol. The molecule has 0 fully saturated rings. The zero-order valence-electron chi connectivity index (χ0n) is 4.64. The summed E-state index contributed by atoms with van der Waals surface area (Å²) in [6.07, 6.45) is 0. The van der Waals surface area contributed by atoms with Crippen LogP contribution in [-0.4, -0.2) is 17.9 Å². The van der Waals surface area contributed by atoms with Gasteiger partial charge in [0.15, 0.2) is 0 Å². The van der Waals surface area contributed by atoms with Gasteiger partial charge in [-0.3, -0.25) is 5.84 Å². The number of rotatable bonds is 3. The normalized spacial score (nSPS) is 10.3. The zero-order chi connectivity index (χ0) is 5.70. The fourth-order valence-corrected chi connectivity index (χ4v) is 0.499. The first-order valence-electron chi connectivity index (χ1n) is 2.13. The summed E-state index contributed by atoms with van der Waals surface area (Å²) in [4.78, 5) is 2.82. The lowest BCUT2D eigenvalue weighted by Gasteiger charge is -2.07. The quantitative estimate of drug-likeness (QED) is 0.312. The number of hydrazine groups is 2. The van der Waals surface area contributed by atoms with Crippen molar-refractivity contribution in [1.29, 1.82) is 0 Å². The van der Waals surface area contributed by atoms with E-state index in [1.54, 1.807) is 19.0 Å². The van der Waals surface area contributed by atoms with Gasteiger partial charge in [0, 0.05) is 12.8 Å². The number of hydrogen-bond donors (Lipinski definition) is 2. The van der Waals surface area contributed by atoms with Gasteiger partial charge in [0.05, 0.1) is 0 Å². The topological polar surface area (TPSA) is 41.3 Å². The molecule has 0 unspecified atom stereocenters.